The molecule has 0 aliphatic heterocycles. The van der Waals surface area contributed by atoms with Crippen LogP contribution in [-0.2, 0) is 23.1 Å². The van der Waals surface area contributed by atoms with Gasteiger partial charge in [-0.25, -0.2) is 0 Å². The van der Waals surface area contributed by atoms with Gasteiger partial charge in [0.15, 0.2) is 5.16 Å². The fraction of sp³-hybridized carbons (Fsp3) is 0.273. The Kier molecular flexibility index (Phi) is 7.30. The van der Waals surface area contributed by atoms with Crippen LogP contribution in [0.15, 0.2) is 47.6 Å². The minimum absolute atomic E-state index is 0.0524. The molecule has 0 radical (unpaired) electrons. The van der Waals surface area contributed by atoms with Gasteiger partial charge < -0.3 is 19.9 Å². The Morgan fingerprint density at radius 3 is 2.52 bits per heavy atom. The lowest BCUT2D eigenvalue weighted by atomic mass is 10.1. The lowest BCUT2D eigenvalue weighted by Crippen LogP contribution is -2.17. The normalized spacial score (nSPS) is 10.6. The molecule has 0 aliphatic rings. The van der Waals surface area contributed by atoms with E-state index in [0.29, 0.717) is 22.4 Å². The second-order valence-electron chi connectivity index (χ2n) is 7.04. The molecule has 9 heteroatoms. The summed E-state index contributed by atoms with van der Waals surface area (Å²) in [5.74, 6) is 0.913. The van der Waals surface area contributed by atoms with Crippen molar-refractivity contribution in [3.63, 3.8) is 0 Å². The lowest BCUT2D eigenvalue weighted by Gasteiger charge is -2.10. The number of anilines is 2. The Morgan fingerprint density at radius 2 is 1.77 bits per heavy atom. The lowest BCUT2D eigenvalue weighted by molar-refractivity contribution is -0.116. The number of hydrogen-bond donors (Lipinski definition) is 2. The number of aromatic nitrogens is 3. The topological polar surface area (TPSA) is 98.1 Å². The first-order valence-corrected chi connectivity index (χ1v) is 10.7. The number of thioether (sulfide) groups is 1. The van der Waals surface area contributed by atoms with Crippen LogP contribution in [0.2, 0.25) is 0 Å². The number of para-hydroxylation sites is 2. The maximum absolute atomic E-state index is 12.4. The zero-order valence-electron chi connectivity index (χ0n) is 17.9. The first kappa shape index (κ1) is 22.4. The first-order chi connectivity index (χ1) is 14.9. The number of nitrogens with one attached hydrogen (secondary N) is 2. The Labute approximate surface area is 185 Å². The molecule has 162 valence electrons. The number of aryl methyl sites for hydroxylation is 2. The molecule has 0 unspecified atom stereocenters. The molecule has 3 aromatic rings. The molecule has 2 N–H and O–H groups in total. The van der Waals surface area contributed by atoms with Crippen molar-refractivity contribution in [2.45, 2.75) is 25.4 Å². The zero-order chi connectivity index (χ0) is 22.4. The summed E-state index contributed by atoms with van der Waals surface area (Å²) in [6, 6.07) is 13.1. The molecule has 3 rings (SSSR count). The Balaban J connectivity index is 1.56. The summed E-state index contributed by atoms with van der Waals surface area (Å²) >= 11 is 1.27. The summed E-state index contributed by atoms with van der Waals surface area (Å²) in [6.45, 7) is 3.97. The summed E-state index contributed by atoms with van der Waals surface area (Å²) in [5, 5.41) is 14.5. The largest absolute Gasteiger partial charge is 0.495 e. The molecule has 0 spiro atoms. The quantitative estimate of drug-likeness (QED) is 0.523. The number of methoxy groups -OCH3 is 1. The van der Waals surface area contributed by atoms with Crippen molar-refractivity contribution in [2.24, 2.45) is 7.05 Å². The molecule has 0 saturated carbocycles. The van der Waals surface area contributed by atoms with Crippen molar-refractivity contribution in [1.29, 1.82) is 0 Å². The molecular weight excluding hydrogens is 414 g/mol. The van der Waals surface area contributed by atoms with Crippen molar-refractivity contribution in [1.82, 2.24) is 14.8 Å². The van der Waals surface area contributed by atoms with Crippen molar-refractivity contribution >= 4 is 35.0 Å². The predicted molar refractivity (Wildman–Crippen MR) is 122 cm³/mol. The molecule has 0 aliphatic carbocycles. The first-order valence-electron chi connectivity index (χ1n) is 9.68. The molecule has 2 amide bonds. The minimum Gasteiger partial charge on any atom is -0.495 e. The Bertz CT molecular complexity index is 1100. The highest BCUT2D eigenvalue weighted by molar-refractivity contribution is 7.99. The van der Waals surface area contributed by atoms with Gasteiger partial charge >= 0.3 is 0 Å². The van der Waals surface area contributed by atoms with Crippen LogP contribution in [-0.4, -0.2) is 39.4 Å². The van der Waals surface area contributed by atoms with Crippen molar-refractivity contribution in [3.05, 3.63) is 59.4 Å². The van der Waals surface area contributed by atoms with Gasteiger partial charge in [-0.1, -0.05) is 41.6 Å². The van der Waals surface area contributed by atoms with Crippen LogP contribution in [0.25, 0.3) is 0 Å². The third kappa shape index (κ3) is 5.85. The number of hydrogen-bond acceptors (Lipinski definition) is 6. The number of ether oxygens (including phenoxy) is 1. The van der Waals surface area contributed by atoms with Crippen LogP contribution in [0.3, 0.4) is 0 Å². The van der Waals surface area contributed by atoms with E-state index in [1.54, 1.807) is 30.9 Å². The average molecular weight is 440 g/mol. The fourth-order valence-corrected chi connectivity index (χ4v) is 3.71. The predicted octanol–water partition coefficient (Wildman–Crippen LogP) is 3.35. The van der Waals surface area contributed by atoms with E-state index in [2.05, 4.69) is 20.8 Å². The molecule has 0 saturated heterocycles. The van der Waals surface area contributed by atoms with Crippen LogP contribution in [0.4, 0.5) is 11.4 Å². The van der Waals surface area contributed by atoms with E-state index in [1.807, 2.05) is 44.2 Å². The average Bonchev–Trinajstić information content (AvgIpc) is 3.08. The number of nitrogens with zero attached hydrogens (tertiary/aromatic N) is 3. The maximum Gasteiger partial charge on any atom is 0.234 e. The number of benzene rings is 2. The highest BCUT2D eigenvalue weighted by atomic mass is 32.2. The van der Waals surface area contributed by atoms with Crippen LogP contribution < -0.4 is 15.4 Å². The van der Waals surface area contributed by atoms with Crippen LogP contribution in [0.5, 0.6) is 5.75 Å². The van der Waals surface area contributed by atoms with Crippen LogP contribution in [0, 0.1) is 13.8 Å². The van der Waals surface area contributed by atoms with Gasteiger partial charge in [0.25, 0.3) is 0 Å². The number of carbonyl (C=O) groups excluding carboxylic acids is 2. The standard InChI is InChI=1S/C22H25N5O3S/c1-14-9-10-16(15(2)11-14)23-21(29)13-31-22-26-25-19(27(22)3)12-20(28)24-17-7-5-6-8-18(17)30-4/h5-11H,12-13H2,1-4H3,(H,23,29)(H,24,28). The van der Waals surface area contributed by atoms with E-state index in [9.17, 15) is 9.59 Å². The summed E-state index contributed by atoms with van der Waals surface area (Å²) in [7, 11) is 3.32. The van der Waals surface area contributed by atoms with Gasteiger partial charge in [-0.05, 0) is 37.6 Å². The van der Waals surface area contributed by atoms with Gasteiger partial charge in [0, 0.05) is 12.7 Å². The zero-order valence-corrected chi connectivity index (χ0v) is 18.7. The number of amides is 2. The Hall–Kier alpha value is -3.33. The highest BCUT2D eigenvalue weighted by Crippen LogP contribution is 2.23. The van der Waals surface area contributed by atoms with Crippen LogP contribution in [0.1, 0.15) is 17.0 Å². The van der Waals surface area contributed by atoms with Gasteiger partial charge in [-0.2, -0.15) is 0 Å². The molecule has 0 fully saturated rings. The Morgan fingerprint density at radius 1 is 1.03 bits per heavy atom. The van der Waals surface area contributed by atoms with Crippen molar-refractivity contribution in [2.75, 3.05) is 23.5 Å². The fourth-order valence-electron chi connectivity index (χ4n) is 2.98. The highest BCUT2D eigenvalue weighted by Gasteiger charge is 2.16. The van der Waals surface area contributed by atoms with Crippen molar-refractivity contribution in [3.8, 4) is 5.75 Å². The van der Waals surface area contributed by atoms with Gasteiger partial charge in [0.05, 0.1) is 25.0 Å². The second kappa shape index (κ2) is 10.1. The van der Waals surface area contributed by atoms with Gasteiger partial charge in [-0.3, -0.25) is 9.59 Å². The van der Waals surface area contributed by atoms with Crippen LogP contribution >= 0.6 is 11.8 Å². The van der Waals surface area contributed by atoms with E-state index in [0.717, 1.165) is 16.8 Å². The van der Waals surface area contributed by atoms with E-state index >= 15 is 0 Å². The summed E-state index contributed by atoms with van der Waals surface area (Å²) in [6.07, 6.45) is 0.0524. The van der Waals surface area contributed by atoms with E-state index in [-0.39, 0.29) is 24.0 Å². The molecule has 2 aromatic carbocycles. The third-order valence-corrected chi connectivity index (χ3v) is 5.63. The molecule has 0 atom stereocenters. The summed E-state index contributed by atoms with van der Waals surface area (Å²) < 4.78 is 6.96. The summed E-state index contributed by atoms with van der Waals surface area (Å²) in [4.78, 5) is 24.7. The molecular formula is C22H25N5O3S. The SMILES string of the molecule is COc1ccccc1NC(=O)Cc1nnc(SCC(=O)Nc2ccc(C)cc2C)n1C. The van der Waals surface area contributed by atoms with Gasteiger partial charge in [0.1, 0.15) is 11.6 Å². The smallest absolute Gasteiger partial charge is 0.234 e. The maximum atomic E-state index is 12.4. The molecule has 0 bridgehead atoms. The number of carbonyl (C=O) groups is 2. The molecule has 1 aromatic heterocycles. The van der Waals surface area contributed by atoms with E-state index < -0.39 is 0 Å². The molecule has 8 nitrogen and oxygen atoms in total. The second-order valence-corrected chi connectivity index (χ2v) is 7.98. The minimum atomic E-state index is -0.232. The third-order valence-electron chi connectivity index (χ3n) is 4.61. The number of rotatable bonds is 8. The van der Waals surface area contributed by atoms with E-state index in [1.165, 1.54) is 11.8 Å². The van der Waals surface area contributed by atoms with Crippen molar-refractivity contribution < 1.29 is 14.3 Å². The van der Waals surface area contributed by atoms with Gasteiger partial charge in [0.2, 0.25) is 11.8 Å². The molecule has 1 heterocycles. The van der Waals surface area contributed by atoms with Gasteiger partial charge in [-0.15, -0.1) is 10.2 Å². The van der Waals surface area contributed by atoms with E-state index in [4.69, 9.17) is 4.74 Å². The molecule has 31 heavy (non-hydrogen) atoms. The summed E-state index contributed by atoms with van der Waals surface area (Å²) in [5.41, 5.74) is 3.55. The monoisotopic (exact) mass is 439 g/mol.